The van der Waals surface area contributed by atoms with Gasteiger partial charge in [0.1, 0.15) is 5.82 Å². The minimum absolute atomic E-state index is 0.0724. The van der Waals surface area contributed by atoms with Crippen LogP contribution < -0.4 is 21.9 Å². The standard InChI is InChI=1S/C19H30N4O3/c1-4-5-10-22-17(20)16(18(25)21-19(22)26)23(12-13(2)3)15(24)11-14-8-6-7-9-14/h6,8,13-14H,4-5,7,9-12,20H2,1-3H3,(H,21,25,26). The first-order valence-corrected chi connectivity index (χ1v) is 9.44. The van der Waals surface area contributed by atoms with Gasteiger partial charge in [-0.25, -0.2) is 4.79 Å². The molecule has 0 aliphatic heterocycles. The molecule has 1 heterocycles. The van der Waals surface area contributed by atoms with Crippen LogP contribution in [0.15, 0.2) is 21.7 Å². The first-order chi connectivity index (χ1) is 12.3. The van der Waals surface area contributed by atoms with E-state index in [4.69, 9.17) is 5.73 Å². The summed E-state index contributed by atoms with van der Waals surface area (Å²) in [6.07, 6.45) is 8.06. The average Bonchev–Trinajstić information content (AvgIpc) is 3.06. The number of anilines is 2. The van der Waals surface area contributed by atoms with Crippen molar-refractivity contribution >= 4 is 17.4 Å². The number of unbranched alkanes of at least 4 members (excludes halogenated alkanes) is 1. The molecule has 0 saturated heterocycles. The third kappa shape index (κ3) is 4.65. The molecule has 7 nitrogen and oxygen atoms in total. The van der Waals surface area contributed by atoms with Gasteiger partial charge in [0.25, 0.3) is 5.56 Å². The van der Waals surface area contributed by atoms with Crippen LogP contribution in [0.25, 0.3) is 0 Å². The molecule has 1 atom stereocenters. The summed E-state index contributed by atoms with van der Waals surface area (Å²) in [6.45, 7) is 6.77. The Bertz CT molecular complexity index is 776. The summed E-state index contributed by atoms with van der Waals surface area (Å²) in [5.74, 6) is 0.299. The molecule has 1 amide bonds. The van der Waals surface area contributed by atoms with E-state index in [0.717, 1.165) is 25.7 Å². The van der Waals surface area contributed by atoms with Crippen molar-refractivity contribution in [1.29, 1.82) is 0 Å². The molecule has 1 aromatic rings. The maximum Gasteiger partial charge on any atom is 0.330 e. The molecule has 3 N–H and O–H groups in total. The Morgan fingerprint density at radius 3 is 2.73 bits per heavy atom. The summed E-state index contributed by atoms with van der Waals surface area (Å²) in [4.78, 5) is 41.4. The molecule has 7 heteroatoms. The maximum atomic E-state index is 12.9. The van der Waals surface area contributed by atoms with Gasteiger partial charge in [0.2, 0.25) is 5.91 Å². The summed E-state index contributed by atoms with van der Waals surface area (Å²) in [6, 6.07) is 0. The van der Waals surface area contributed by atoms with Gasteiger partial charge in [0.05, 0.1) is 0 Å². The third-order valence-electron chi connectivity index (χ3n) is 4.62. The molecule has 2 rings (SSSR count). The number of allylic oxidation sites excluding steroid dienone is 2. The number of hydrogen-bond donors (Lipinski definition) is 2. The predicted octanol–water partition coefficient (Wildman–Crippen LogP) is 2.26. The molecule has 0 radical (unpaired) electrons. The Kier molecular flexibility index (Phi) is 6.83. The second-order valence-corrected chi connectivity index (χ2v) is 7.37. The van der Waals surface area contributed by atoms with E-state index in [0.29, 0.717) is 19.5 Å². The SMILES string of the molecule is CCCCn1c(N)c(N(CC(C)C)C(=O)CC2C=CCC2)c(=O)[nH]c1=O. The van der Waals surface area contributed by atoms with E-state index >= 15 is 0 Å². The highest BCUT2D eigenvalue weighted by Gasteiger charge is 2.26. The van der Waals surface area contributed by atoms with E-state index in [9.17, 15) is 14.4 Å². The van der Waals surface area contributed by atoms with Crippen LogP contribution in [-0.2, 0) is 11.3 Å². The summed E-state index contributed by atoms with van der Waals surface area (Å²) < 4.78 is 1.36. The van der Waals surface area contributed by atoms with E-state index in [1.165, 1.54) is 9.47 Å². The van der Waals surface area contributed by atoms with Crippen LogP contribution in [0.5, 0.6) is 0 Å². The molecule has 26 heavy (non-hydrogen) atoms. The fraction of sp³-hybridized carbons (Fsp3) is 0.632. The minimum atomic E-state index is -0.601. The highest BCUT2D eigenvalue weighted by molar-refractivity contribution is 5.95. The summed E-state index contributed by atoms with van der Waals surface area (Å²) >= 11 is 0. The molecular formula is C19H30N4O3. The van der Waals surface area contributed by atoms with Crippen molar-refractivity contribution in [3.05, 3.63) is 33.0 Å². The topological polar surface area (TPSA) is 101 Å². The Morgan fingerprint density at radius 1 is 1.42 bits per heavy atom. The number of aromatic amines is 1. The van der Waals surface area contributed by atoms with Crippen LogP contribution in [0.3, 0.4) is 0 Å². The number of carbonyl (C=O) groups is 1. The molecule has 0 bridgehead atoms. The van der Waals surface area contributed by atoms with Gasteiger partial charge in [0.15, 0.2) is 5.69 Å². The van der Waals surface area contributed by atoms with Crippen molar-refractivity contribution in [3.63, 3.8) is 0 Å². The van der Waals surface area contributed by atoms with Crippen LogP contribution in [0.1, 0.15) is 52.9 Å². The zero-order valence-corrected chi connectivity index (χ0v) is 16.0. The number of nitrogens with zero attached hydrogens (tertiary/aromatic N) is 2. The molecule has 0 saturated carbocycles. The number of hydrogen-bond acceptors (Lipinski definition) is 4. The number of rotatable bonds is 8. The van der Waals surface area contributed by atoms with Crippen LogP contribution in [0, 0.1) is 11.8 Å². The molecular weight excluding hydrogens is 332 g/mol. The third-order valence-corrected chi connectivity index (χ3v) is 4.62. The van der Waals surface area contributed by atoms with Gasteiger partial charge in [0, 0.05) is 19.5 Å². The van der Waals surface area contributed by atoms with Crippen molar-refractivity contribution in [3.8, 4) is 0 Å². The van der Waals surface area contributed by atoms with Gasteiger partial charge < -0.3 is 10.6 Å². The molecule has 1 aromatic heterocycles. The Labute approximate surface area is 153 Å². The molecule has 1 aliphatic carbocycles. The number of amides is 1. The Morgan fingerprint density at radius 2 is 2.15 bits per heavy atom. The van der Waals surface area contributed by atoms with Crippen molar-refractivity contribution in [1.82, 2.24) is 9.55 Å². The van der Waals surface area contributed by atoms with Crippen LogP contribution in [-0.4, -0.2) is 22.0 Å². The summed E-state index contributed by atoms with van der Waals surface area (Å²) in [7, 11) is 0. The zero-order valence-electron chi connectivity index (χ0n) is 16.0. The first kappa shape index (κ1) is 20.0. The summed E-state index contributed by atoms with van der Waals surface area (Å²) in [5, 5.41) is 0. The highest BCUT2D eigenvalue weighted by Crippen LogP contribution is 2.25. The molecule has 0 fully saturated rings. The molecule has 0 aromatic carbocycles. The average molecular weight is 362 g/mol. The van der Waals surface area contributed by atoms with Gasteiger partial charge in [-0.2, -0.15) is 0 Å². The number of nitrogen functional groups attached to an aromatic ring is 1. The Hall–Kier alpha value is -2.31. The van der Waals surface area contributed by atoms with Crippen LogP contribution in [0.4, 0.5) is 11.5 Å². The number of aromatic nitrogens is 2. The van der Waals surface area contributed by atoms with Crippen molar-refractivity contribution < 1.29 is 4.79 Å². The van der Waals surface area contributed by atoms with Gasteiger partial charge in [-0.05, 0) is 31.1 Å². The van der Waals surface area contributed by atoms with Gasteiger partial charge in [-0.3, -0.25) is 19.1 Å². The number of carbonyl (C=O) groups excluding carboxylic acids is 1. The van der Waals surface area contributed by atoms with Gasteiger partial charge in [-0.15, -0.1) is 0 Å². The quantitative estimate of drug-likeness (QED) is 0.693. The maximum absolute atomic E-state index is 12.9. The van der Waals surface area contributed by atoms with Crippen LogP contribution >= 0.6 is 0 Å². The summed E-state index contributed by atoms with van der Waals surface area (Å²) in [5.41, 5.74) is 5.15. The first-order valence-electron chi connectivity index (χ1n) is 9.44. The monoisotopic (exact) mass is 362 g/mol. The number of nitrogens with two attached hydrogens (primary N) is 1. The molecule has 1 unspecified atom stereocenters. The lowest BCUT2D eigenvalue weighted by Gasteiger charge is -2.27. The van der Waals surface area contributed by atoms with Gasteiger partial charge >= 0.3 is 5.69 Å². The van der Waals surface area contributed by atoms with Gasteiger partial charge in [-0.1, -0.05) is 39.3 Å². The van der Waals surface area contributed by atoms with E-state index in [1.54, 1.807) is 0 Å². The molecule has 144 valence electrons. The lowest BCUT2D eigenvalue weighted by Crippen LogP contribution is -2.43. The number of H-pyrrole nitrogens is 1. The molecule has 0 spiro atoms. The second kappa shape index (κ2) is 8.87. The van der Waals surface area contributed by atoms with Crippen molar-refractivity contribution in [2.75, 3.05) is 17.2 Å². The van der Waals surface area contributed by atoms with E-state index in [-0.39, 0.29) is 29.2 Å². The second-order valence-electron chi connectivity index (χ2n) is 7.37. The predicted molar refractivity (Wildman–Crippen MR) is 104 cm³/mol. The Balaban J connectivity index is 2.43. The lowest BCUT2D eigenvalue weighted by atomic mass is 10.0. The largest absolute Gasteiger partial charge is 0.383 e. The van der Waals surface area contributed by atoms with E-state index in [1.807, 2.05) is 20.8 Å². The van der Waals surface area contributed by atoms with Crippen molar-refractivity contribution in [2.45, 2.75) is 59.4 Å². The van der Waals surface area contributed by atoms with E-state index in [2.05, 4.69) is 17.1 Å². The normalized spacial score (nSPS) is 16.4. The fourth-order valence-electron chi connectivity index (χ4n) is 3.26. The zero-order chi connectivity index (χ0) is 19.3. The highest BCUT2D eigenvalue weighted by atomic mass is 16.2. The smallest absolute Gasteiger partial charge is 0.330 e. The number of nitrogens with one attached hydrogen (secondary N) is 1. The fourth-order valence-corrected chi connectivity index (χ4v) is 3.26. The van der Waals surface area contributed by atoms with Crippen molar-refractivity contribution in [2.24, 2.45) is 11.8 Å². The van der Waals surface area contributed by atoms with Crippen LogP contribution in [0.2, 0.25) is 0 Å². The molecule has 1 aliphatic rings. The minimum Gasteiger partial charge on any atom is -0.383 e. The lowest BCUT2D eigenvalue weighted by molar-refractivity contribution is -0.119. The van der Waals surface area contributed by atoms with E-state index < -0.39 is 11.2 Å².